The molecule has 0 amide bonds. The van der Waals surface area contributed by atoms with Crippen LogP contribution < -0.4 is 10.1 Å². The van der Waals surface area contributed by atoms with Crippen molar-refractivity contribution in [2.24, 2.45) is 11.8 Å². The minimum absolute atomic E-state index is 0.315. The number of anilines is 1. The van der Waals surface area contributed by atoms with Crippen molar-refractivity contribution in [1.82, 2.24) is 4.90 Å². The number of likely N-dealkylation sites (tertiary alicyclic amines) is 1. The van der Waals surface area contributed by atoms with Crippen molar-refractivity contribution in [3.8, 4) is 5.75 Å². The van der Waals surface area contributed by atoms with Gasteiger partial charge in [0.05, 0.1) is 12.2 Å². The lowest BCUT2D eigenvalue weighted by Crippen LogP contribution is -2.39. The highest BCUT2D eigenvalue weighted by Crippen LogP contribution is 2.31. The van der Waals surface area contributed by atoms with E-state index in [0.717, 1.165) is 37.0 Å². The van der Waals surface area contributed by atoms with E-state index in [-0.39, 0.29) is 0 Å². The summed E-state index contributed by atoms with van der Waals surface area (Å²) in [5.41, 5.74) is 2.58. The zero-order valence-electron chi connectivity index (χ0n) is 14.3. The van der Waals surface area contributed by atoms with Crippen molar-refractivity contribution in [3.63, 3.8) is 0 Å². The van der Waals surface area contributed by atoms with Gasteiger partial charge in [0.1, 0.15) is 11.9 Å². The van der Waals surface area contributed by atoms with Gasteiger partial charge in [-0.25, -0.2) is 0 Å². The Kier molecular flexibility index (Phi) is 4.92. The first-order valence-corrected chi connectivity index (χ1v) is 8.89. The van der Waals surface area contributed by atoms with E-state index >= 15 is 0 Å². The van der Waals surface area contributed by atoms with Crippen molar-refractivity contribution >= 4 is 5.69 Å². The predicted molar refractivity (Wildman–Crippen MR) is 92.7 cm³/mol. The molecule has 3 nitrogen and oxygen atoms in total. The van der Waals surface area contributed by atoms with Crippen LogP contribution in [-0.4, -0.2) is 37.2 Å². The van der Waals surface area contributed by atoms with Crippen LogP contribution in [0.5, 0.6) is 5.75 Å². The van der Waals surface area contributed by atoms with E-state index in [4.69, 9.17) is 4.74 Å². The summed E-state index contributed by atoms with van der Waals surface area (Å²) in [5.74, 6) is 2.70. The van der Waals surface area contributed by atoms with Crippen LogP contribution in [-0.2, 0) is 6.42 Å². The molecule has 2 aliphatic heterocycles. The molecule has 2 aliphatic rings. The Hall–Kier alpha value is -1.22. The number of hydrogen-bond acceptors (Lipinski definition) is 3. The van der Waals surface area contributed by atoms with Crippen LogP contribution in [0.4, 0.5) is 5.69 Å². The Bertz CT molecular complexity index is 492. The van der Waals surface area contributed by atoms with E-state index in [1.807, 2.05) is 0 Å². The Morgan fingerprint density at radius 3 is 2.73 bits per heavy atom. The zero-order valence-corrected chi connectivity index (χ0v) is 14.3. The highest BCUT2D eigenvalue weighted by Gasteiger charge is 2.22. The minimum Gasteiger partial charge on any atom is -0.486 e. The molecule has 0 aromatic heterocycles. The van der Waals surface area contributed by atoms with E-state index in [1.165, 1.54) is 37.3 Å². The second kappa shape index (κ2) is 6.91. The number of piperidine rings is 1. The zero-order chi connectivity index (χ0) is 15.5. The molecule has 1 N–H and O–H groups in total. The van der Waals surface area contributed by atoms with Crippen LogP contribution in [0, 0.1) is 11.8 Å². The van der Waals surface area contributed by atoms with Crippen molar-refractivity contribution in [1.29, 1.82) is 0 Å². The number of ether oxygens (including phenoxy) is 1. The van der Waals surface area contributed by atoms with Crippen LogP contribution in [0.1, 0.15) is 39.2 Å². The molecular formula is C19H30N2O. The van der Waals surface area contributed by atoms with E-state index in [9.17, 15) is 0 Å². The summed E-state index contributed by atoms with van der Waals surface area (Å²) in [5, 5.41) is 3.52. The number of rotatable bonds is 4. The van der Waals surface area contributed by atoms with E-state index in [2.05, 4.69) is 49.2 Å². The van der Waals surface area contributed by atoms with Crippen molar-refractivity contribution in [2.45, 2.75) is 46.1 Å². The minimum atomic E-state index is 0.315. The average molecular weight is 302 g/mol. The Labute approximate surface area is 135 Å². The molecule has 1 fully saturated rings. The lowest BCUT2D eigenvalue weighted by atomic mass is 9.91. The second-order valence-electron chi connectivity index (χ2n) is 7.32. The van der Waals surface area contributed by atoms with Crippen molar-refractivity contribution < 1.29 is 4.74 Å². The molecule has 1 aromatic carbocycles. The Morgan fingerprint density at radius 2 is 2.00 bits per heavy atom. The van der Waals surface area contributed by atoms with Gasteiger partial charge in [-0.3, -0.25) is 0 Å². The number of nitrogens with zero attached hydrogens (tertiary/aromatic N) is 1. The number of hydrogen-bond donors (Lipinski definition) is 1. The van der Waals surface area contributed by atoms with E-state index in [1.54, 1.807) is 0 Å². The SMILES string of the molecule is CCC1CNc2cc(CCN3CC(C)CC(C)C3)ccc2O1. The molecule has 3 heteroatoms. The molecule has 1 saturated heterocycles. The first kappa shape index (κ1) is 15.7. The van der Waals surface area contributed by atoms with Crippen LogP contribution in [0.25, 0.3) is 0 Å². The molecule has 2 heterocycles. The first-order chi connectivity index (χ1) is 10.6. The van der Waals surface area contributed by atoms with Crippen molar-refractivity contribution in [3.05, 3.63) is 23.8 Å². The molecule has 3 atom stereocenters. The van der Waals surface area contributed by atoms with Gasteiger partial charge in [0, 0.05) is 19.6 Å². The molecular weight excluding hydrogens is 272 g/mol. The molecule has 0 radical (unpaired) electrons. The van der Waals surface area contributed by atoms with Gasteiger partial charge in [-0.2, -0.15) is 0 Å². The van der Waals surface area contributed by atoms with Crippen LogP contribution in [0.3, 0.4) is 0 Å². The number of benzene rings is 1. The van der Waals surface area contributed by atoms with Gasteiger partial charge in [-0.05, 0) is 48.8 Å². The van der Waals surface area contributed by atoms with E-state index < -0.39 is 0 Å². The van der Waals surface area contributed by atoms with Gasteiger partial charge in [-0.1, -0.05) is 26.8 Å². The number of fused-ring (bicyclic) bond motifs is 1. The van der Waals surface area contributed by atoms with E-state index in [0.29, 0.717) is 6.10 Å². The third-order valence-electron chi connectivity index (χ3n) is 4.97. The molecule has 122 valence electrons. The second-order valence-corrected chi connectivity index (χ2v) is 7.32. The predicted octanol–water partition coefficient (Wildman–Crippen LogP) is 3.79. The van der Waals surface area contributed by atoms with Crippen LogP contribution in [0.15, 0.2) is 18.2 Å². The van der Waals surface area contributed by atoms with Gasteiger partial charge >= 0.3 is 0 Å². The summed E-state index contributed by atoms with van der Waals surface area (Å²) in [6.07, 6.45) is 3.88. The van der Waals surface area contributed by atoms with Gasteiger partial charge in [0.2, 0.25) is 0 Å². The maximum atomic E-state index is 5.99. The van der Waals surface area contributed by atoms with Crippen LogP contribution in [0.2, 0.25) is 0 Å². The van der Waals surface area contributed by atoms with Gasteiger partial charge in [0.25, 0.3) is 0 Å². The molecule has 1 aromatic rings. The monoisotopic (exact) mass is 302 g/mol. The molecule has 0 bridgehead atoms. The lowest BCUT2D eigenvalue weighted by Gasteiger charge is -2.35. The summed E-state index contributed by atoms with van der Waals surface area (Å²) in [6, 6.07) is 6.65. The normalized spacial score (nSPS) is 28.6. The molecule has 0 saturated carbocycles. The first-order valence-electron chi connectivity index (χ1n) is 8.89. The third kappa shape index (κ3) is 3.75. The van der Waals surface area contributed by atoms with Gasteiger partial charge in [0.15, 0.2) is 0 Å². The largest absolute Gasteiger partial charge is 0.486 e. The lowest BCUT2D eigenvalue weighted by molar-refractivity contribution is 0.142. The van der Waals surface area contributed by atoms with Crippen LogP contribution >= 0.6 is 0 Å². The summed E-state index contributed by atoms with van der Waals surface area (Å²) in [4.78, 5) is 2.63. The Morgan fingerprint density at radius 1 is 1.23 bits per heavy atom. The molecule has 3 rings (SSSR count). The Balaban J connectivity index is 1.57. The fraction of sp³-hybridized carbons (Fsp3) is 0.684. The number of nitrogens with one attached hydrogen (secondary N) is 1. The smallest absolute Gasteiger partial charge is 0.142 e. The molecule has 3 unspecified atom stereocenters. The molecule has 22 heavy (non-hydrogen) atoms. The van der Waals surface area contributed by atoms with Crippen molar-refractivity contribution in [2.75, 3.05) is 31.5 Å². The quantitative estimate of drug-likeness (QED) is 0.916. The van der Waals surface area contributed by atoms with Gasteiger partial charge < -0.3 is 15.0 Å². The van der Waals surface area contributed by atoms with Gasteiger partial charge in [-0.15, -0.1) is 0 Å². The average Bonchev–Trinajstić information content (AvgIpc) is 2.51. The fourth-order valence-electron chi connectivity index (χ4n) is 3.91. The summed E-state index contributed by atoms with van der Waals surface area (Å²) >= 11 is 0. The topological polar surface area (TPSA) is 24.5 Å². The highest BCUT2D eigenvalue weighted by atomic mass is 16.5. The summed E-state index contributed by atoms with van der Waals surface area (Å²) in [6.45, 7) is 11.6. The molecule has 0 aliphatic carbocycles. The maximum absolute atomic E-state index is 5.99. The molecule has 0 spiro atoms. The standard InChI is InChI=1S/C19H30N2O/c1-4-17-11-20-18-10-16(5-6-19(18)22-17)7-8-21-12-14(2)9-15(3)13-21/h5-6,10,14-15,17,20H,4,7-9,11-13H2,1-3H3. The third-order valence-corrected chi connectivity index (χ3v) is 4.97. The maximum Gasteiger partial charge on any atom is 0.142 e. The summed E-state index contributed by atoms with van der Waals surface area (Å²) in [7, 11) is 0. The highest BCUT2D eigenvalue weighted by molar-refractivity contribution is 5.59. The summed E-state index contributed by atoms with van der Waals surface area (Å²) < 4.78 is 5.99. The fourth-order valence-corrected chi connectivity index (χ4v) is 3.91.